The fraction of sp³-hybridized carbons (Fsp3) is 0.143. The van der Waals surface area contributed by atoms with Gasteiger partial charge in [-0.3, -0.25) is 4.79 Å². The number of nitrogens with one attached hydrogen (secondary N) is 1. The van der Waals surface area contributed by atoms with Gasteiger partial charge >= 0.3 is 5.97 Å². The second kappa shape index (κ2) is 10.3. The number of halogens is 1. The topological polar surface area (TPSA) is 107 Å². The van der Waals surface area contributed by atoms with Gasteiger partial charge in [0.25, 0.3) is 5.91 Å². The van der Waals surface area contributed by atoms with Crippen LogP contribution < -0.4 is 5.32 Å². The summed E-state index contributed by atoms with van der Waals surface area (Å²) in [7, 11) is 0. The third kappa shape index (κ3) is 5.10. The number of ether oxygens (including phenoxy) is 1. The number of carbonyl (C=O) groups is 2. The highest BCUT2D eigenvalue weighted by Gasteiger charge is 2.24. The second-order valence-electron chi connectivity index (χ2n) is 8.33. The molecule has 0 radical (unpaired) electrons. The van der Waals surface area contributed by atoms with Gasteiger partial charge in [0.15, 0.2) is 17.6 Å². The lowest BCUT2D eigenvalue weighted by molar-refractivity contribution is -0.124. The van der Waals surface area contributed by atoms with Crippen molar-refractivity contribution in [2.24, 2.45) is 0 Å². The lowest BCUT2D eigenvalue weighted by atomic mass is 10.1. The van der Waals surface area contributed by atoms with Crippen LogP contribution in [0.5, 0.6) is 0 Å². The number of amides is 1. The first-order valence-electron chi connectivity index (χ1n) is 11.6. The Morgan fingerprint density at radius 1 is 0.946 bits per heavy atom. The van der Waals surface area contributed by atoms with Gasteiger partial charge in [0, 0.05) is 10.7 Å². The summed E-state index contributed by atoms with van der Waals surface area (Å²) in [5.41, 5.74) is 3.65. The van der Waals surface area contributed by atoms with Crippen LogP contribution in [0.3, 0.4) is 0 Å². The first-order valence-corrected chi connectivity index (χ1v) is 12.0. The Hall–Kier alpha value is -4.43. The third-order valence-corrected chi connectivity index (χ3v) is 6.01. The van der Waals surface area contributed by atoms with E-state index in [0.29, 0.717) is 51.1 Å². The van der Waals surface area contributed by atoms with E-state index in [1.807, 2.05) is 6.92 Å². The fourth-order valence-corrected chi connectivity index (χ4v) is 3.99. The number of hydrogen-bond donors (Lipinski definition) is 1. The third-order valence-electron chi connectivity index (χ3n) is 5.78. The summed E-state index contributed by atoms with van der Waals surface area (Å²) in [6.45, 7) is 3.61. The minimum atomic E-state index is -0.993. The Kier molecular flexibility index (Phi) is 6.74. The van der Waals surface area contributed by atoms with E-state index in [4.69, 9.17) is 35.1 Å². The number of hydrogen-bond acceptors (Lipinski definition) is 7. The number of benzene rings is 2. The summed E-state index contributed by atoms with van der Waals surface area (Å²) >= 11 is 6.05. The van der Waals surface area contributed by atoms with E-state index in [0.717, 1.165) is 5.56 Å². The van der Waals surface area contributed by atoms with Crippen molar-refractivity contribution in [2.75, 3.05) is 5.32 Å². The highest BCUT2D eigenvalue weighted by atomic mass is 35.5. The molecule has 1 unspecified atom stereocenters. The van der Waals surface area contributed by atoms with Crippen LogP contribution in [0.1, 0.15) is 29.3 Å². The average molecular weight is 516 g/mol. The molecule has 5 rings (SSSR count). The zero-order chi connectivity index (χ0) is 25.9. The summed E-state index contributed by atoms with van der Waals surface area (Å²) in [5, 5.41) is 3.28. The summed E-state index contributed by atoms with van der Waals surface area (Å²) in [4.78, 5) is 35.2. The Balaban J connectivity index is 1.42. The van der Waals surface area contributed by atoms with Crippen molar-refractivity contribution < 1.29 is 23.2 Å². The van der Waals surface area contributed by atoms with Crippen LogP contribution in [0, 0.1) is 6.92 Å². The lowest BCUT2D eigenvalue weighted by Gasteiger charge is -2.17. The molecule has 186 valence electrons. The molecule has 1 atom stereocenters. The van der Waals surface area contributed by atoms with E-state index in [-0.39, 0.29) is 5.56 Å². The number of furan rings is 2. The maximum absolute atomic E-state index is 13.0. The number of fused-ring (bicyclic) bond motifs is 1. The van der Waals surface area contributed by atoms with Crippen LogP contribution in [-0.4, -0.2) is 27.9 Å². The van der Waals surface area contributed by atoms with Gasteiger partial charge in [0.1, 0.15) is 11.4 Å². The van der Waals surface area contributed by atoms with Gasteiger partial charge in [-0.05, 0) is 73.5 Å². The molecule has 2 aromatic carbocycles. The van der Waals surface area contributed by atoms with Crippen molar-refractivity contribution in [3.8, 4) is 22.9 Å². The first-order chi connectivity index (χ1) is 17.9. The normalized spacial score (nSPS) is 11.9. The zero-order valence-corrected chi connectivity index (χ0v) is 20.8. The van der Waals surface area contributed by atoms with Crippen LogP contribution in [0.25, 0.3) is 33.9 Å². The molecule has 0 fully saturated rings. The number of carbonyl (C=O) groups excluding carboxylic acids is 2. The van der Waals surface area contributed by atoms with Gasteiger partial charge in [0.2, 0.25) is 0 Å². The molecule has 0 aliphatic heterocycles. The van der Waals surface area contributed by atoms with E-state index >= 15 is 0 Å². The second-order valence-corrected chi connectivity index (χ2v) is 8.77. The smallest absolute Gasteiger partial charge is 0.338 e. The monoisotopic (exact) mass is 515 g/mol. The molecule has 37 heavy (non-hydrogen) atoms. The van der Waals surface area contributed by atoms with Gasteiger partial charge in [0.05, 0.1) is 29.1 Å². The van der Waals surface area contributed by atoms with Crippen molar-refractivity contribution in [2.45, 2.75) is 26.4 Å². The van der Waals surface area contributed by atoms with Crippen LogP contribution >= 0.6 is 11.6 Å². The van der Waals surface area contributed by atoms with Crippen LogP contribution in [-0.2, 0) is 9.53 Å². The quantitative estimate of drug-likeness (QED) is 0.241. The van der Waals surface area contributed by atoms with Gasteiger partial charge < -0.3 is 18.9 Å². The lowest BCUT2D eigenvalue weighted by Crippen LogP contribution is -2.32. The molecular formula is C28H22ClN3O5. The number of esters is 1. The van der Waals surface area contributed by atoms with Crippen LogP contribution in [0.4, 0.5) is 5.69 Å². The molecule has 9 heteroatoms. The maximum atomic E-state index is 13.0. The maximum Gasteiger partial charge on any atom is 0.338 e. The number of aromatic nitrogens is 2. The fourth-order valence-electron chi connectivity index (χ4n) is 3.81. The minimum Gasteiger partial charge on any atom is -0.463 e. The SMILES string of the molecule is CCC(OC(=O)c1ccc2nc(-c3ccco3)c(-c3ccco3)nc2c1)C(=O)Nc1cc(Cl)ccc1C. The molecule has 1 N–H and O–H groups in total. The Bertz CT molecular complexity index is 1580. The molecule has 8 nitrogen and oxygen atoms in total. The number of nitrogens with zero attached hydrogens (tertiary/aromatic N) is 2. The predicted octanol–water partition coefficient (Wildman–Crippen LogP) is 6.69. The molecule has 0 aliphatic carbocycles. The number of anilines is 1. The summed E-state index contributed by atoms with van der Waals surface area (Å²) < 4.78 is 16.7. The van der Waals surface area contributed by atoms with E-state index in [1.165, 1.54) is 0 Å². The summed E-state index contributed by atoms with van der Waals surface area (Å²) in [5.74, 6) is -0.0444. The van der Waals surface area contributed by atoms with E-state index in [9.17, 15) is 9.59 Å². The minimum absolute atomic E-state index is 0.239. The Labute approximate surface area is 217 Å². The molecule has 0 aliphatic rings. The van der Waals surface area contributed by atoms with E-state index in [1.54, 1.807) is 80.1 Å². The van der Waals surface area contributed by atoms with Crippen molar-refractivity contribution in [1.82, 2.24) is 9.97 Å². The number of aryl methyl sites for hydroxylation is 1. The van der Waals surface area contributed by atoms with Gasteiger partial charge in [-0.15, -0.1) is 0 Å². The highest BCUT2D eigenvalue weighted by molar-refractivity contribution is 6.31. The molecule has 0 saturated heterocycles. The molecule has 0 bridgehead atoms. The Morgan fingerprint density at radius 2 is 1.62 bits per heavy atom. The molecule has 5 aromatic rings. The Morgan fingerprint density at radius 3 is 2.24 bits per heavy atom. The average Bonchev–Trinajstić information content (AvgIpc) is 3.63. The van der Waals surface area contributed by atoms with Crippen LogP contribution in [0.15, 0.2) is 82.0 Å². The molecule has 1 amide bonds. The summed E-state index contributed by atoms with van der Waals surface area (Å²) in [6.07, 6.45) is 2.40. The van der Waals surface area contributed by atoms with Crippen LogP contribution in [0.2, 0.25) is 5.02 Å². The van der Waals surface area contributed by atoms with Crippen molar-refractivity contribution in [1.29, 1.82) is 0 Å². The first kappa shape index (κ1) is 24.3. The number of rotatable bonds is 7. The molecule has 0 saturated carbocycles. The van der Waals surface area contributed by atoms with Gasteiger partial charge in [-0.25, -0.2) is 14.8 Å². The largest absolute Gasteiger partial charge is 0.463 e. The summed E-state index contributed by atoms with van der Waals surface area (Å²) in [6, 6.07) is 17.1. The standard InChI is InChI=1S/C28H22ClN3O5/c1-3-22(27(33)32-20-15-18(29)10-8-16(20)2)37-28(34)17-9-11-19-21(14-17)31-26(24-7-5-13-36-24)25(30-19)23-6-4-12-35-23/h4-15,22H,3H2,1-2H3,(H,32,33). The van der Waals surface area contributed by atoms with Gasteiger partial charge in [-0.1, -0.05) is 24.6 Å². The van der Waals surface area contributed by atoms with Crippen molar-refractivity contribution >= 4 is 40.2 Å². The van der Waals surface area contributed by atoms with Crippen molar-refractivity contribution in [3.63, 3.8) is 0 Å². The van der Waals surface area contributed by atoms with E-state index < -0.39 is 18.0 Å². The zero-order valence-electron chi connectivity index (χ0n) is 20.0. The molecule has 3 aromatic heterocycles. The van der Waals surface area contributed by atoms with Crippen molar-refractivity contribution in [3.05, 3.63) is 89.3 Å². The predicted molar refractivity (Wildman–Crippen MR) is 139 cm³/mol. The molecule has 3 heterocycles. The molecule has 0 spiro atoms. The highest BCUT2D eigenvalue weighted by Crippen LogP contribution is 2.32. The van der Waals surface area contributed by atoms with Gasteiger partial charge in [-0.2, -0.15) is 0 Å². The molecular weight excluding hydrogens is 494 g/mol. The van der Waals surface area contributed by atoms with E-state index in [2.05, 4.69) is 5.32 Å².